The lowest BCUT2D eigenvalue weighted by Gasteiger charge is -2.29. The van der Waals surface area contributed by atoms with Crippen molar-refractivity contribution in [3.05, 3.63) is 59.2 Å². The van der Waals surface area contributed by atoms with Crippen molar-refractivity contribution in [2.45, 2.75) is 70.4 Å². The molecule has 31 heavy (non-hydrogen) atoms. The molecule has 0 bridgehead atoms. The molecule has 3 rings (SSSR count). The Labute approximate surface area is 180 Å². The van der Waals surface area contributed by atoms with E-state index in [-0.39, 0.29) is 16.7 Å². The first-order valence-corrected chi connectivity index (χ1v) is 11.0. The zero-order valence-electron chi connectivity index (χ0n) is 17.7. The van der Waals surface area contributed by atoms with Gasteiger partial charge in [0.05, 0.1) is 5.56 Å². The number of halogens is 5. The first kappa shape index (κ1) is 23.3. The van der Waals surface area contributed by atoms with Crippen molar-refractivity contribution in [1.29, 1.82) is 0 Å². The van der Waals surface area contributed by atoms with Crippen molar-refractivity contribution in [2.75, 3.05) is 0 Å². The van der Waals surface area contributed by atoms with Gasteiger partial charge >= 0.3 is 6.18 Å². The Balaban J connectivity index is 1.69. The summed E-state index contributed by atoms with van der Waals surface area (Å²) in [6.07, 6.45) is 4.83. The molecule has 166 valence electrons. The average molecular weight is 434 g/mol. The van der Waals surface area contributed by atoms with Crippen LogP contribution in [0.4, 0.5) is 22.0 Å². The highest BCUT2D eigenvalue weighted by Crippen LogP contribution is 2.39. The normalized spacial score (nSPS) is 19.0. The van der Waals surface area contributed by atoms with E-state index in [1.165, 1.54) is 50.7 Å². The van der Waals surface area contributed by atoms with Crippen LogP contribution >= 0.6 is 0 Å². The maximum absolute atomic E-state index is 14.8. The van der Waals surface area contributed by atoms with Crippen molar-refractivity contribution in [3.8, 4) is 23.0 Å². The van der Waals surface area contributed by atoms with E-state index in [9.17, 15) is 22.0 Å². The predicted molar refractivity (Wildman–Crippen MR) is 114 cm³/mol. The summed E-state index contributed by atoms with van der Waals surface area (Å²) in [5, 5.41) is 0. The van der Waals surface area contributed by atoms with Crippen LogP contribution < -0.4 is 0 Å². The Hall–Kier alpha value is -2.35. The molecule has 0 radical (unpaired) electrons. The molecule has 0 unspecified atom stereocenters. The molecule has 1 aliphatic rings. The lowest BCUT2D eigenvalue weighted by atomic mass is 9.77. The molecule has 1 aliphatic carbocycles. The van der Waals surface area contributed by atoms with Crippen molar-refractivity contribution >= 4 is 0 Å². The highest BCUT2D eigenvalue weighted by molar-refractivity contribution is 5.66. The van der Waals surface area contributed by atoms with Crippen LogP contribution in [0.15, 0.2) is 36.4 Å². The van der Waals surface area contributed by atoms with E-state index in [0.29, 0.717) is 5.92 Å². The molecule has 0 atom stereocenters. The lowest BCUT2D eigenvalue weighted by molar-refractivity contribution is -0.0696. The smallest absolute Gasteiger partial charge is 0.206 e. The highest BCUT2D eigenvalue weighted by Gasteiger charge is 2.24. The van der Waals surface area contributed by atoms with Gasteiger partial charge in [-0.2, -0.15) is 13.2 Å². The molecule has 2 aromatic carbocycles. The molecule has 1 saturated carbocycles. The number of hydrogen-bond donors (Lipinski definition) is 0. The minimum Gasteiger partial charge on any atom is -0.206 e. The Bertz CT molecular complexity index is 940. The Morgan fingerprint density at radius 3 is 2.26 bits per heavy atom. The van der Waals surface area contributed by atoms with Crippen LogP contribution in [-0.2, 0) is 0 Å². The minimum atomic E-state index is -4.69. The van der Waals surface area contributed by atoms with Crippen LogP contribution in [0.25, 0.3) is 11.1 Å². The molecule has 0 spiro atoms. The van der Waals surface area contributed by atoms with Crippen LogP contribution in [0.5, 0.6) is 0 Å². The van der Waals surface area contributed by atoms with Crippen molar-refractivity contribution in [2.24, 2.45) is 5.92 Å². The van der Waals surface area contributed by atoms with Crippen LogP contribution in [-0.4, -0.2) is 6.18 Å². The number of rotatable bonds is 6. The van der Waals surface area contributed by atoms with Crippen LogP contribution in [0.3, 0.4) is 0 Å². The number of alkyl halides is 3. The summed E-state index contributed by atoms with van der Waals surface area (Å²) in [6, 6.07) is 8.61. The maximum atomic E-state index is 14.8. The van der Waals surface area contributed by atoms with Gasteiger partial charge < -0.3 is 0 Å². The van der Waals surface area contributed by atoms with Gasteiger partial charge in [0.15, 0.2) is 0 Å². The van der Waals surface area contributed by atoms with Gasteiger partial charge in [-0.25, -0.2) is 8.78 Å². The summed E-state index contributed by atoms with van der Waals surface area (Å²) >= 11 is 0. The summed E-state index contributed by atoms with van der Waals surface area (Å²) in [4.78, 5) is 0. The molecule has 0 N–H and O–H groups in total. The molecule has 0 amide bonds. The average Bonchev–Trinajstić information content (AvgIpc) is 2.73. The van der Waals surface area contributed by atoms with E-state index in [0.717, 1.165) is 42.4 Å². The molecular weight excluding hydrogens is 407 g/mol. The zero-order valence-corrected chi connectivity index (χ0v) is 17.7. The summed E-state index contributed by atoms with van der Waals surface area (Å²) in [5.41, 5.74) is 1.10. The van der Waals surface area contributed by atoms with Gasteiger partial charge in [0, 0.05) is 11.5 Å². The monoisotopic (exact) mass is 434 g/mol. The Kier molecular flexibility index (Phi) is 7.75. The molecule has 5 heteroatoms. The predicted octanol–water partition coefficient (Wildman–Crippen LogP) is 8.40. The van der Waals surface area contributed by atoms with Gasteiger partial charge in [-0.1, -0.05) is 56.7 Å². The van der Waals surface area contributed by atoms with Gasteiger partial charge in [0.1, 0.15) is 11.6 Å². The van der Waals surface area contributed by atoms with E-state index in [4.69, 9.17) is 0 Å². The van der Waals surface area contributed by atoms with E-state index < -0.39 is 17.8 Å². The highest BCUT2D eigenvalue weighted by atomic mass is 19.4. The Morgan fingerprint density at radius 2 is 1.65 bits per heavy atom. The second kappa shape index (κ2) is 10.3. The summed E-state index contributed by atoms with van der Waals surface area (Å²) < 4.78 is 65.6. The number of benzene rings is 2. The standard InChI is InChI=1S/C26H27F5/c1-2-3-4-5-18-6-8-19(9-7-18)21-12-13-23(25(28)16-21)22-11-10-20(24(27)17-22)14-15-26(29,30)31/h10-13,16-19H,2-9H2,1H3. The SMILES string of the molecule is CCCCCC1CCC(c2ccc(-c3ccc(C#CC(F)(F)F)c(F)c3)c(F)c2)CC1. The van der Waals surface area contributed by atoms with E-state index in [2.05, 4.69) is 6.92 Å². The largest absolute Gasteiger partial charge is 0.458 e. The van der Waals surface area contributed by atoms with Crippen LogP contribution in [0.2, 0.25) is 0 Å². The van der Waals surface area contributed by atoms with Crippen LogP contribution in [0.1, 0.15) is 75.3 Å². The molecule has 0 heterocycles. The topological polar surface area (TPSA) is 0 Å². The van der Waals surface area contributed by atoms with Crippen molar-refractivity contribution in [3.63, 3.8) is 0 Å². The van der Waals surface area contributed by atoms with Crippen molar-refractivity contribution in [1.82, 2.24) is 0 Å². The molecule has 0 aliphatic heterocycles. The van der Waals surface area contributed by atoms with Gasteiger partial charge in [-0.05, 0) is 66.8 Å². The third-order valence-electron chi connectivity index (χ3n) is 6.15. The summed E-state index contributed by atoms with van der Waals surface area (Å²) in [5.74, 6) is 2.58. The quantitative estimate of drug-likeness (QED) is 0.243. The van der Waals surface area contributed by atoms with Gasteiger partial charge in [-0.15, -0.1) is 0 Å². The fraction of sp³-hybridized carbons (Fsp3) is 0.462. The second-order valence-electron chi connectivity index (χ2n) is 8.40. The van der Waals surface area contributed by atoms with E-state index >= 15 is 0 Å². The number of hydrogen-bond acceptors (Lipinski definition) is 0. The van der Waals surface area contributed by atoms with Crippen molar-refractivity contribution < 1.29 is 22.0 Å². The molecule has 0 saturated heterocycles. The maximum Gasteiger partial charge on any atom is 0.458 e. The molecule has 2 aromatic rings. The second-order valence-corrected chi connectivity index (χ2v) is 8.40. The van der Waals surface area contributed by atoms with Gasteiger partial charge in [0.2, 0.25) is 0 Å². The van der Waals surface area contributed by atoms with E-state index in [1.54, 1.807) is 12.0 Å². The minimum absolute atomic E-state index is 0.228. The summed E-state index contributed by atoms with van der Waals surface area (Å²) in [7, 11) is 0. The zero-order chi connectivity index (χ0) is 22.4. The fourth-order valence-electron chi connectivity index (χ4n) is 4.41. The molecule has 0 aromatic heterocycles. The first-order chi connectivity index (χ1) is 14.8. The van der Waals surface area contributed by atoms with Gasteiger partial charge in [0.25, 0.3) is 0 Å². The van der Waals surface area contributed by atoms with E-state index in [1.807, 2.05) is 6.07 Å². The first-order valence-electron chi connectivity index (χ1n) is 11.0. The third kappa shape index (κ3) is 6.56. The lowest BCUT2D eigenvalue weighted by Crippen LogP contribution is -2.13. The molecule has 0 nitrogen and oxygen atoms in total. The fourth-order valence-corrected chi connectivity index (χ4v) is 4.41. The number of unbranched alkanes of at least 4 members (excludes halogenated alkanes) is 2. The third-order valence-corrected chi connectivity index (χ3v) is 6.15. The molecular formula is C26H27F5. The summed E-state index contributed by atoms with van der Waals surface area (Å²) in [6.45, 7) is 2.21. The van der Waals surface area contributed by atoms with Gasteiger partial charge in [-0.3, -0.25) is 0 Å². The van der Waals surface area contributed by atoms with Crippen LogP contribution in [0, 0.1) is 29.4 Å². The molecule has 1 fully saturated rings. The Morgan fingerprint density at radius 1 is 0.903 bits per heavy atom.